The normalized spacial score (nSPS) is 11.1. The predicted molar refractivity (Wildman–Crippen MR) is 122 cm³/mol. The maximum Gasteiger partial charge on any atom is 0.354 e. The third-order valence-electron chi connectivity index (χ3n) is 4.95. The first kappa shape index (κ1) is 26.0. The second-order valence-electron chi connectivity index (χ2n) is 7.58. The molecule has 178 valence electrons. The second kappa shape index (κ2) is 12.7. The number of pyridine rings is 1. The second-order valence-corrected chi connectivity index (χ2v) is 9.26. The van der Waals surface area contributed by atoms with E-state index in [1.807, 2.05) is 4.72 Å². The zero-order chi connectivity index (χ0) is 24.3. The molecule has 0 saturated heterocycles. The number of rotatable bonds is 13. The van der Waals surface area contributed by atoms with Gasteiger partial charge in [0, 0.05) is 19.2 Å². The minimum Gasteiger partial charge on any atom is -0.477 e. The van der Waals surface area contributed by atoms with Gasteiger partial charge < -0.3 is 10.4 Å². The van der Waals surface area contributed by atoms with Crippen molar-refractivity contribution >= 4 is 27.8 Å². The number of benzene rings is 1. The molecule has 0 bridgehead atoms. The van der Waals surface area contributed by atoms with Crippen LogP contribution in [-0.4, -0.2) is 42.8 Å². The maximum atomic E-state index is 12.5. The third-order valence-corrected chi connectivity index (χ3v) is 6.30. The lowest BCUT2D eigenvalue weighted by atomic mass is 10.1. The summed E-state index contributed by atoms with van der Waals surface area (Å²) in [6, 6.07) is 8.31. The maximum absolute atomic E-state index is 12.5. The highest BCUT2D eigenvalue weighted by Crippen LogP contribution is 2.12. The summed E-state index contributed by atoms with van der Waals surface area (Å²) in [5, 5.41) is 11.7. The Morgan fingerprint density at radius 1 is 0.970 bits per heavy atom. The highest BCUT2D eigenvalue weighted by atomic mass is 32.2. The lowest BCUT2D eigenvalue weighted by Gasteiger charge is -2.09. The summed E-state index contributed by atoms with van der Waals surface area (Å²) in [5.41, 5.74) is 0.506. The van der Waals surface area contributed by atoms with Gasteiger partial charge in [0.25, 0.3) is 15.9 Å². The molecule has 0 atom stereocenters. The first-order chi connectivity index (χ1) is 15.7. The van der Waals surface area contributed by atoms with Gasteiger partial charge in [-0.15, -0.1) is 0 Å². The number of hydrogen-bond acceptors (Lipinski definition) is 6. The molecule has 2 aromatic rings. The SMILES string of the molecule is CCCCCCCC(=O)NCCc1ccc(S(=O)(=O)NC(=O)c2ccc(C(=O)O)nc2)cc1. The van der Waals surface area contributed by atoms with Crippen molar-refractivity contribution in [1.82, 2.24) is 15.0 Å². The molecule has 0 unspecified atom stereocenters. The van der Waals surface area contributed by atoms with Crippen LogP contribution in [0.25, 0.3) is 0 Å². The van der Waals surface area contributed by atoms with Crippen LogP contribution in [0.15, 0.2) is 47.5 Å². The largest absolute Gasteiger partial charge is 0.477 e. The molecular formula is C23H29N3O6S. The number of carboxylic acids is 1. The minimum absolute atomic E-state index is 0.0132. The molecule has 0 aliphatic rings. The zero-order valence-corrected chi connectivity index (χ0v) is 19.4. The Kier molecular flexibility index (Phi) is 9.99. The fraction of sp³-hybridized carbons (Fsp3) is 0.391. The average molecular weight is 476 g/mol. The average Bonchev–Trinajstić information content (AvgIpc) is 2.79. The Morgan fingerprint density at radius 2 is 1.67 bits per heavy atom. The molecule has 0 fully saturated rings. The van der Waals surface area contributed by atoms with Crippen LogP contribution in [0, 0.1) is 0 Å². The van der Waals surface area contributed by atoms with Gasteiger partial charge in [0.1, 0.15) is 5.69 Å². The summed E-state index contributed by atoms with van der Waals surface area (Å²) in [6.07, 6.45) is 7.49. The number of nitrogens with zero attached hydrogens (tertiary/aromatic N) is 1. The molecule has 1 heterocycles. The first-order valence-corrected chi connectivity index (χ1v) is 12.3. The summed E-state index contributed by atoms with van der Waals surface area (Å²) in [5.74, 6) is -2.16. The summed E-state index contributed by atoms with van der Waals surface area (Å²) < 4.78 is 26.9. The van der Waals surface area contributed by atoms with Crippen LogP contribution in [-0.2, 0) is 21.2 Å². The number of amides is 2. The standard InChI is InChI=1S/C23H29N3O6S/c1-2-3-4-5-6-7-21(27)24-15-14-17-8-11-19(12-9-17)33(31,32)26-22(28)18-10-13-20(23(29)30)25-16-18/h8-13,16H,2-7,14-15H2,1H3,(H,24,27)(H,26,28)(H,29,30). The van der Waals surface area contributed by atoms with Crippen LogP contribution in [0.4, 0.5) is 0 Å². The third kappa shape index (κ3) is 8.64. The van der Waals surface area contributed by atoms with Crippen molar-refractivity contribution in [2.45, 2.75) is 56.8 Å². The van der Waals surface area contributed by atoms with Gasteiger partial charge in [-0.3, -0.25) is 9.59 Å². The van der Waals surface area contributed by atoms with Gasteiger partial charge in [0.15, 0.2) is 0 Å². The van der Waals surface area contributed by atoms with Crippen molar-refractivity contribution in [3.8, 4) is 0 Å². The van der Waals surface area contributed by atoms with E-state index in [1.165, 1.54) is 31.0 Å². The number of carbonyl (C=O) groups is 3. The van der Waals surface area contributed by atoms with E-state index >= 15 is 0 Å². The van der Waals surface area contributed by atoms with Crippen molar-refractivity contribution in [2.24, 2.45) is 0 Å². The molecule has 10 heteroatoms. The van der Waals surface area contributed by atoms with Crippen LogP contribution in [0.5, 0.6) is 0 Å². The fourth-order valence-electron chi connectivity index (χ4n) is 3.05. The number of aromatic nitrogens is 1. The van der Waals surface area contributed by atoms with Crippen LogP contribution >= 0.6 is 0 Å². The summed E-state index contributed by atoms with van der Waals surface area (Å²) in [4.78, 5) is 38.4. The Bertz CT molecular complexity index is 1050. The van der Waals surface area contributed by atoms with Gasteiger partial charge in [-0.1, -0.05) is 44.7 Å². The molecule has 3 N–H and O–H groups in total. The predicted octanol–water partition coefficient (Wildman–Crippen LogP) is 2.92. The Hall–Kier alpha value is -3.27. The molecular weight excluding hydrogens is 446 g/mol. The van der Waals surface area contributed by atoms with Crippen LogP contribution in [0.1, 0.15) is 71.9 Å². The Morgan fingerprint density at radius 3 is 2.27 bits per heavy atom. The summed E-state index contributed by atoms with van der Waals surface area (Å²) in [6.45, 7) is 2.60. The van der Waals surface area contributed by atoms with Gasteiger partial charge in [-0.25, -0.2) is 22.9 Å². The summed E-state index contributed by atoms with van der Waals surface area (Å²) in [7, 11) is -4.12. The zero-order valence-electron chi connectivity index (χ0n) is 18.5. The van der Waals surface area contributed by atoms with Crippen molar-refractivity contribution < 1.29 is 27.9 Å². The van der Waals surface area contributed by atoms with Crippen LogP contribution in [0.2, 0.25) is 0 Å². The van der Waals surface area contributed by atoms with E-state index in [-0.39, 0.29) is 22.1 Å². The molecule has 0 aliphatic heterocycles. The van der Waals surface area contributed by atoms with Gasteiger partial charge in [-0.2, -0.15) is 0 Å². The number of sulfonamides is 1. The van der Waals surface area contributed by atoms with Crippen molar-refractivity contribution in [1.29, 1.82) is 0 Å². The van der Waals surface area contributed by atoms with E-state index in [9.17, 15) is 22.8 Å². The molecule has 1 aromatic heterocycles. The molecule has 2 amide bonds. The molecule has 0 saturated carbocycles. The van der Waals surface area contributed by atoms with Gasteiger partial charge in [0.05, 0.1) is 10.5 Å². The lowest BCUT2D eigenvalue weighted by Crippen LogP contribution is -2.30. The highest BCUT2D eigenvalue weighted by molar-refractivity contribution is 7.90. The fourth-order valence-corrected chi connectivity index (χ4v) is 4.03. The number of carboxylic acid groups (broad SMARTS) is 1. The topological polar surface area (TPSA) is 143 Å². The first-order valence-electron chi connectivity index (χ1n) is 10.8. The molecule has 1 aromatic carbocycles. The van der Waals surface area contributed by atoms with Gasteiger partial charge in [-0.05, 0) is 42.7 Å². The number of unbranched alkanes of at least 4 members (excludes halogenated alkanes) is 4. The number of carbonyl (C=O) groups excluding carboxylic acids is 2. The van der Waals surface area contributed by atoms with E-state index in [0.29, 0.717) is 19.4 Å². The number of nitrogens with one attached hydrogen (secondary N) is 2. The number of aromatic carboxylic acids is 1. The highest BCUT2D eigenvalue weighted by Gasteiger charge is 2.19. The molecule has 0 spiro atoms. The lowest BCUT2D eigenvalue weighted by molar-refractivity contribution is -0.121. The smallest absolute Gasteiger partial charge is 0.354 e. The van der Waals surface area contributed by atoms with E-state index < -0.39 is 21.9 Å². The molecule has 0 radical (unpaired) electrons. The van der Waals surface area contributed by atoms with Gasteiger partial charge >= 0.3 is 5.97 Å². The molecule has 0 aliphatic carbocycles. The van der Waals surface area contributed by atoms with Crippen molar-refractivity contribution in [3.63, 3.8) is 0 Å². The van der Waals surface area contributed by atoms with Gasteiger partial charge in [0.2, 0.25) is 5.91 Å². The van der Waals surface area contributed by atoms with E-state index in [2.05, 4.69) is 17.2 Å². The quantitative estimate of drug-likeness (QED) is 0.378. The van der Waals surface area contributed by atoms with Crippen molar-refractivity contribution in [2.75, 3.05) is 6.54 Å². The molecule has 33 heavy (non-hydrogen) atoms. The van der Waals surface area contributed by atoms with Crippen LogP contribution in [0.3, 0.4) is 0 Å². The molecule has 2 rings (SSSR count). The van der Waals surface area contributed by atoms with Crippen LogP contribution < -0.4 is 10.0 Å². The van der Waals surface area contributed by atoms with E-state index in [4.69, 9.17) is 5.11 Å². The Balaban J connectivity index is 1.83. The number of hydrogen-bond donors (Lipinski definition) is 3. The minimum atomic E-state index is -4.12. The Labute approximate surface area is 193 Å². The summed E-state index contributed by atoms with van der Waals surface area (Å²) >= 11 is 0. The molecule has 9 nitrogen and oxygen atoms in total. The van der Waals surface area contributed by atoms with Crippen molar-refractivity contribution in [3.05, 3.63) is 59.4 Å². The van der Waals surface area contributed by atoms with E-state index in [0.717, 1.165) is 37.1 Å². The van der Waals surface area contributed by atoms with E-state index in [1.54, 1.807) is 12.1 Å². The monoisotopic (exact) mass is 475 g/mol.